The summed E-state index contributed by atoms with van der Waals surface area (Å²) in [6, 6.07) is 10.5. The minimum Gasteiger partial charge on any atom is -0.494 e. The zero-order chi connectivity index (χ0) is 19.6. The monoisotopic (exact) mass is 418 g/mol. The molecule has 0 atom stereocenters. The van der Waals surface area contributed by atoms with Gasteiger partial charge in [-0.1, -0.05) is 11.3 Å². The average Bonchev–Trinajstić information content (AvgIpc) is 2.97. The van der Waals surface area contributed by atoms with Gasteiger partial charge < -0.3 is 9.64 Å². The molecular formula is C19H22N4O3S2. The van der Waals surface area contributed by atoms with Crippen molar-refractivity contribution in [3.05, 3.63) is 42.6 Å². The number of thiazole rings is 1. The minimum absolute atomic E-state index is 0.300. The lowest BCUT2D eigenvalue weighted by molar-refractivity contribution is 0.340. The van der Waals surface area contributed by atoms with Crippen LogP contribution in [0.25, 0.3) is 10.3 Å². The number of ether oxygens (including phenoxy) is 1. The first-order chi connectivity index (χ1) is 13.6. The molecule has 0 bridgehead atoms. The Kier molecular flexibility index (Phi) is 5.47. The van der Waals surface area contributed by atoms with Crippen molar-refractivity contribution in [2.45, 2.75) is 18.2 Å². The molecule has 1 saturated heterocycles. The topological polar surface area (TPSA) is 75.6 Å². The first kappa shape index (κ1) is 19.1. The number of hydrogen-bond donors (Lipinski definition) is 0. The van der Waals surface area contributed by atoms with Crippen LogP contribution in [-0.2, 0) is 10.0 Å². The van der Waals surface area contributed by atoms with Crippen molar-refractivity contribution < 1.29 is 13.2 Å². The number of rotatable bonds is 5. The summed E-state index contributed by atoms with van der Waals surface area (Å²) in [6.45, 7) is 4.75. The third kappa shape index (κ3) is 3.82. The molecule has 7 nitrogen and oxygen atoms in total. The van der Waals surface area contributed by atoms with Crippen molar-refractivity contribution >= 4 is 36.8 Å². The Hall–Kier alpha value is -2.23. The van der Waals surface area contributed by atoms with E-state index in [0.29, 0.717) is 36.9 Å². The first-order valence-corrected chi connectivity index (χ1v) is 11.5. The fourth-order valence-electron chi connectivity index (χ4n) is 3.24. The number of sulfonamides is 1. The molecular weight excluding hydrogens is 396 g/mol. The first-order valence-electron chi connectivity index (χ1n) is 9.27. The maximum absolute atomic E-state index is 13.0. The van der Waals surface area contributed by atoms with Gasteiger partial charge in [0.15, 0.2) is 5.13 Å². The Morgan fingerprint density at radius 3 is 2.68 bits per heavy atom. The van der Waals surface area contributed by atoms with Crippen molar-refractivity contribution in [3.63, 3.8) is 0 Å². The normalized spacial score (nSPS) is 16.2. The molecule has 1 aliphatic heterocycles. The van der Waals surface area contributed by atoms with E-state index in [1.54, 1.807) is 46.1 Å². The van der Waals surface area contributed by atoms with E-state index in [2.05, 4.69) is 14.9 Å². The van der Waals surface area contributed by atoms with E-state index in [4.69, 9.17) is 4.74 Å². The molecule has 9 heteroatoms. The molecule has 148 valence electrons. The van der Waals surface area contributed by atoms with Crippen LogP contribution in [0.5, 0.6) is 5.75 Å². The Labute approximate surface area is 168 Å². The van der Waals surface area contributed by atoms with Gasteiger partial charge in [0.2, 0.25) is 10.0 Å². The predicted molar refractivity (Wildman–Crippen MR) is 111 cm³/mol. The van der Waals surface area contributed by atoms with Crippen LogP contribution in [0, 0.1) is 0 Å². The summed E-state index contributed by atoms with van der Waals surface area (Å²) in [5.41, 5.74) is 0.880. The van der Waals surface area contributed by atoms with Gasteiger partial charge in [-0.2, -0.15) is 4.31 Å². The second-order valence-electron chi connectivity index (χ2n) is 6.47. The van der Waals surface area contributed by atoms with E-state index >= 15 is 0 Å². The lowest BCUT2D eigenvalue weighted by Gasteiger charge is -2.21. The molecule has 3 aromatic rings. The molecule has 0 radical (unpaired) electrons. The molecule has 4 rings (SSSR count). The molecule has 28 heavy (non-hydrogen) atoms. The number of nitrogens with zero attached hydrogens (tertiary/aromatic N) is 4. The van der Waals surface area contributed by atoms with E-state index in [1.807, 2.05) is 19.1 Å². The maximum atomic E-state index is 13.0. The van der Waals surface area contributed by atoms with E-state index in [1.165, 1.54) is 0 Å². The van der Waals surface area contributed by atoms with Crippen molar-refractivity contribution in [1.82, 2.24) is 14.3 Å². The molecule has 0 aliphatic carbocycles. The van der Waals surface area contributed by atoms with Crippen LogP contribution < -0.4 is 9.64 Å². The standard InChI is InChI=1S/C19H22N4O3S2/c1-2-26-15-6-8-16(9-7-15)28(24,25)23-12-4-11-22(13-14-23)19-21-17-5-3-10-20-18(17)27-19/h3,5-10H,2,4,11-14H2,1H3. The average molecular weight is 419 g/mol. The summed E-state index contributed by atoms with van der Waals surface area (Å²) in [4.78, 5) is 12.4. The second kappa shape index (κ2) is 8.02. The molecule has 1 aliphatic rings. The van der Waals surface area contributed by atoms with E-state index in [9.17, 15) is 8.42 Å². The molecule has 1 fully saturated rings. The molecule has 0 N–H and O–H groups in total. The summed E-state index contributed by atoms with van der Waals surface area (Å²) in [7, 11) is -3.53. The number of anilines is 1. The summed E-state index contributed by atoms with van der Waals surface area (Å²) >= 11 is 1.55. The lowest BCUT2D eigenvalue weighted by atomic mass is 10.3. The molecule has 2 aromatic heterocycles. The van der Waals surface area contributed by atoms with Gasteiger partial charge in [-0.3, -0.25) is 0 Å². The van der Waals surface area contributed by atoms with Gasteiger partial charge in [-0.15, -0.1) is 0 Å². The van der Waals surface area contributed by atoms with Gasteiger partial charge in [-0.05, 0) is 49.7 Å². The third-order valence-electron chi connectivity index (χ3n) is 4.65. The van der Waals surface area contributed by atoms with Crippen LogP contribution in [0.1, 0.15) is 13.3 Å². The smallest absolute Gasteiger partial charge is 0.243 e. The molecule has 1 aromatic carbocycles. The van der Waals surface area contributed by atoms with Gasteiger partial charge in [0.1, 0.15) is 16.1 Å². The highest BCUT2D eigenvalue weighted by molar-refractivity contribution is 7.89. The molecule has 0 amide bonds. The Bertz CT molecular complexity index is 1020. The van der Waals surface area contributed by atoms with Crippen molar-refractivity contribution in [1.29, 1.82) is 0 Å². The van der Waals surface area contributed by atoms with Crippen LogP contribution >= 0.6 is 11.3 Å². The lowest BCUT2D eigenvalue weighted by Crippen LogP contribution is -2.35. The van der Waals surface area contributed by atoms with Crippen LogP contribution in [0.15, 0.2) is 47.5 Å². The molecule has 0 unspecified atom stereocenters. The number of fused-ring (bicyclic) bond motifs is 1. The highest BCUT2D eigenvalue weighted by atomic mass is 32.2. The highest BCUT2D eigenvalue weighted by Gasteiger charge is 2.27. The van der Waals surface area contributed by atoms with Crippen LogP contribution in [0.3, 0.4) is 0 Å². The van der Waals surface area contributed by atoms with E-state index in [0.717, 1.165) is 28.4 Å². The largest absolute Gasteiger partial charge is 0.494 e. The quantitative estimate of drug-likeness (QED) is 0.634. The van der Waals surface area contributed by atoms with E-state index < -0.39 is 10.0 Å². The van der Waals surface area contributed by atoms with Gasteiger partial charge in [0.05, 0.1) is 11.5 Å². The summed E-state index contributed by atoms with van der Waals surface area (Å²) in [6.07, 6.45) is 2.51. The van der Waals surface area contributed by atoms with Crippen molar-refractivity contribution in [2.75, 3.05) is 37.7 Å². The van der Waals surface area contributed by atoms with Crippen LogP contribution in [0.2, 0.25) is 0 Å². The van der Waals surface area contributed by atoms with Crippen LogP contribution in [0.4, 0.5) is 5.13 Å². The van der Waals surface area contributed by atoms with Crippen molar-refractivity contribution in [3.8, 4) is 5.75 Å². The number of aromatic nitrogens is 2. The summed E-state index contributed by atoms with van der Waals surface area (Å²) < 4.78 is 33.0. The van der Waals surface area contributed by atoms with E-state index in [-0.39, 0.29) is 0 Å². The number of benzene rings is 1. The van der Waals surface area contributed by atoms with Crippen LogP contribution in [-0.4, -0.2) is 55.5 Å². The molecule has 0 spiro atoms. The Morgan fingerprint density at radius 1 is 1.11 bits per heavy atom. The Balaban J connectivity index is 1.49. The fourth-order valence-corrected chi connectivity index (χ4v) is 5.67. The zero-order valence-electron chi connectivity index (χ0n) is 15.6. The van der Waals surface area contributed by atoms with Gasteiger partial charge in [0, 0.05) is 32.4 Å². The maximum Gasteiger partial charge on any atom is 0.243 e. The molecule has 3 heterocycles. The summed E-state index contributed by atoms with van der Waals surface area (Å²) in [5, 5.41) is 0.897. The SMILES string of the molecule is CCOc1ccc(S(=O)(=O)N2CCCN(c3nc4cccnc4s3)CC2)cc1. The van der Waals surface area contributed by atoms with Gasteiger partial charge >= 0.3 is 0 Å². The third-order valence-corrected chi connectivity index (χ3v) is 7.61. The summed E-state index contributed by atoms with van der Waals surface area (Å²) in [5.74, 6) is 0.674. The zero-order valence-corrected chi connectivity index (χ0v) is 17.2. The fraction of sp³-hybridized carbons (Fsp3) is 0.368. The highest BCUT2D eigenvalue weighted by Crippen LogP contribution is 2.28. The van der Waals surface area contributed by atoms with Crippen molar-refractivity contribution in [2.24, 2.45) is 0 Å². The molecule has 0 saturated carbocycles. The second-order valence-corrected chi connectivity index (χ2v) is 9.37. The minimum atomic E-state index is -3.53. The predicted octanol–water partition coefficient (Wildman–Crippen LogP) is 2.99. The van der Waals surface area contributed by atoms with Gasteiger partial charge in [0.25, 0.3) is 0 Å². The van der Waals surface area contributed by atoms with Gasteiger partial charge in [-0.25, -0.2) is 18.4 Å². The number of pyridine rings is 1. The Morgan fingerprint density at radius 2 is 1.93 bits per heavy atom. The number of hydrogen-bond acceptors (Lipinski definition) is 7.